The molecule has 1 unspecified atom stereocenters. The second-order valence-electron chi connectivity index (χ2n) is 3.99. The Bertz CT molecular complexity index is 405. The fourth-order valence-corrected chi connectivity index (χ4v) is 1.91. The largest absolute Gasteiger partial charge is 0.355 e. The van der Waals surface area contributed by atoms with Crippen molar-refractivity contribution >= 4 is 5.91 Å². The average Bonchev–Trinajstić information content (AvgIpc) is 2.63. The van der Waals surface area contributed by atoms with Crippen LogP contribution in [-0.2, 0) is 9.57 Å². The molecule has 1 aliphatic rings. The summed E-state index contributed by atoms with van der Waals surface area (Å²) in [6.45, 7) is 2.62. The SMILES string of the molecule is CCCCON1C(=O)c2ccccc2C1OC. The molecule has 0 aromatic heterocycles. The van der Waals surface area contributed by atoms with Crippen LogP contribution in [-0.4, -0.2) is 24.7 Å². The van der Waals surface area contributed by atoms with Gasteiger partial charge < -0.3 is 4.74 Å². The van der Waals surface area contributed by atoms with E-state index in [4.69, 9.17) is 9.57 Å². The van der Waals surface area contributed by atoms with Crippen LogP contribution in [0.3, 0.4) is 0 Å². The van der Waals surface area contributed by atoms with Gasteiger partial charge in [0.15, 0.2) is 6.23 Å². The molecule has 4 nitrogen and oxygen atoms in total. The van der Waals surface area contributed by atoms with Gasteiger partial charge in [-0.25, -0.2) is 0 Å². The summed E-state index contributed by atoms with van der Waals surface area (Å²) < 4.78 is 5.33. The normalized spacial score (nSPS) is 18.6. The Balaban J connectivity index is 2.17. The molecule has 0 saturated heterocycles. The summed E-state index contributed by atoms with van der Waals surface area (Å²) in [7, 11) is 1.58. The highest BCUT2D eigenvalue weighted by molar-refractivity contribution is 5.98. The Labute approximate surface area is 101 Å². The highest BCUT2D eigenvalue weighted by Gasteiger charge is 2.37. The Morgan fingerprint density at radius 3 is 2.82 bits per heavy atom. The summed E-state index contributed by atoms with van der Waals surface area (Å²) in [5, 5.41) is 1.33. The van der Waals surface area contributed by atoms with Crippen LogP contribution in [0.1, 0.15) is 41.9 Å². The van der Waals surface area contributed by atoms with Gasteiger partial charge in [0.05, 0.1) is 6.61 Å². The molecule has 1 aromatic rings. The summed E-state index contributed by atoms with van der Waals surface area (Å²) >= 11 is 0. The predicted octanol–water partition coefficient (Wildman–Crippen LogP) is 2.52. The van der Waals surface area contributed by atoms with Gasteiger partial charge in [0, 0.05) is 18.2 Å². The van der Waals surface area contributed by atoms with E-state index in [2.05, 4.69) is 6.92 Å². The molecule has 0 radical (unpaired) electrons. The number of unbranched alkanes of at least 4 members (excludes halogenated alkanes) is 1. The van der Waals surface area contributed by atoms with Crippen LogP contribution in [0.25, 0.3) is 0 Å². The van der Waals surface area contributed by atoms with Gasteiger partial charge in [0.2, 0.25) is 0 Å². The van der Waals surface area contributed by atoms with Crippen molar-refractivity contribution in [2.24, 2.45) is 0 Å². The molecule has 4 heteroatoms. The van der Waals surface area contributed by atoms with E-state index in [9.17, 15) is 4.79 Å². The van der Waals surface area contributed by atoms with Gasteiger partial charge in [-0.15, -0.1) is 0 Å². The lowest BCUT2D eigenvalue weighted by Gasteiger charge is -2.22. The first-order valence-electron chi connectivity index (χ1n) is 5.87. The number of ether oxygens (including phenoxy) is 1. The van der Waals surface area contributed by atoms with Crippen LogP contribution in [0.5, 0.6) is 0 Å². The minimum atomic E-state index is -0.421. The van der Waals surface area contributed by atoms with E-state index in [1.807, 2.05) is 18.2 Å². The molecule has 1 atom stereocenters. The molecule has 1 aromatic carbocycles. The molecule has 1 aliphatic heterocycles. The first-order valence-corrected chi connectivity index (χ1v) is 5.87. The van der Waals surface area contributed by atoms with E-state index < -0.39 is 6.23 Å². The molecule has 0 bridgehead atoms. The zero-order valence-electron chi connectivity index (χ0n) is 10.2. The lowest BCUT2D eigenvalue weighted by Crippen LogP contribution is -2.29. The molecule has 0 N–H and O–H groups in total. The minimum Gasteiger partial charge on any atom is -0.355 e. The summed E-state index contributed by atoms with van der Waals surface area (Å²) in [5.41, 5.74) is 1.53. The molecule has 0 saturated carbocycles. The third-order valence-corrected chi connectivity index (χ3v) is 2.82. The highest BCUT2D eigenvalue weighted by atomic mass is 16.7. The standard InChI is InChI=1S/C13H17NO3/c1-3-4-9-17-14-12(15)10-7-5-6-8-11(10)13(14)16-2/h5-8,13H,3-4,9H2,1-2H3. The van der Waals surface area contributed by atoms with Gasteiger partial charge in [-0.05, 0) is 12.5 Å². The van der Waals surface area contributed by atoms with Crippen molar-refractivity contribution in [2.45, 2.75) is 26.0 Å². The first-order chi connectivity index (χ1) is 8.29. The molecular formula is C13H17NO3. The first kappa shape index (κ1) is 12.1. The molecule has 0 fully saturated rings. The smallest absolute Gasteiger partial charge is 0.280 e. The molecule has 17 heavy (non-hydrogen) atoms. The van der Waals surface area contributed by atoms with E-state index in [0.717, 1.165) is 18.4 Å². The van der Waals surface area contributed by atoms with Gasteiger partial charge in [-0.3, -0.25) is 9.63 Å². The van der Waals surface area contributed by atoms with Crippen LogP contribution in [0.4, 0.5) is 0 Å². The summed E-state index contributed by atoms with van der Waals surface area (Å²) in [6, 6.07) is 7.43. The second kappa shape index (κ2) is 5.29. The van der Waals surface area contributed by atoms with Crippen molar-refractivity contribution < 1.29 is 14.4 Å². The fourth-order valence-electron chi connectivity index (χ4n) is 1.91. The third-order valence-electron chi connectivity index (χ3n) is 2.82. The number of amides is 1. The summed E-state index contributed by atoms with van der Waals surface area (Å²) in [5.74, 6) is -0.122. The van der Waals surface area contributed by atoms with Gasteiger partial charge in [-0.2, -0.15) is 5.06 Å². The maximum Gasteiger partial charge on any atom is 0.280 e. The van der Waals surface area contributed by atoms with E-state index >= 15 is 0 Å². The zero-order valence-corrected chi connectivity index (χ0v) is 10.2. The van der Waals surface area contributed by atoms with Gasteiger partial charge in [-0.1, -0.05) is 31.5 Å². The van der Waals surface area contributed by atoms with Crippen LogP contribution >= 0.6 is 0 Å². The van der Waals surface area contributed by atoms with Crippen LogP contribution in [0.15, 0.2) is 24.3 Å². The van der Waals surface area contributed by atoms with Crippen molar-refractivity contribution in [3.8, 4) is 0 Å². The average molecular weight is 235 g/mol. The number of nitrogens with zero attached hydrogens (tertiary/aromatic N) is 1. The second-order valence-corrected chi connectivity index (χ2v) is 3.99. The number of fused-ring (bicyclic) bond motifs is 1. The van der Waals surface area contributed by atoms with E-state index in [1.165, 1.54) is 5.06 Å². The van der Waals surface area contributed by atoms with E-state index in [1.54, 1.807) is 13.2 Å². The number of rotatable bonds is 5. The van der Waals surface area contributed by atoms with E-state index in [0.29, 0.717) is 12.2 Å². The van der Waals surface area contributed by atoms with Crippen molar-refractivity contribution in [1.29, 1.82) is 0 Å². The Morgan fingerprint density at radius 2 is 2.12 bits per heavy atom. The Hall–Kier alpha value is -1.39. The molecule has 1 heterocycles. The fraction of sp³-hybridized carbons (Fsp3) is 0.462. The van der Waals surface area contributed by atoms with Gasteiger partial charge in [0.1, 0.15) is 0 Å². The maximum atomic E-state index is 12.1. The maximum absolute atomic E-state index is 12.1. The summed E-state index contributed by atoms with van der Waals surface area (Å²) in [4.78, 5) is 17.6. The van der Waals surface area contributed by atoms with Crippen LogP contribution < -0.4 is 0 Å². The molecule has 0 aliphatic carbocycles. The van der Waals surface area contributed by atoms with Gasteiger partial charge >= 0.3 is 0 Å². The molecule has 92 valence electrons. The predicted molar refractivity (Wildman–Crippen MR) is 63.2 cm³/mol. The van der Waals surface area contributed by atoms with Crippen molar-refractivity contribution in [2.75, 3.05) is 13.7 Å². The lowest BCUT2D eigenvalue weighted by atomic mass is 10.1. The topological polar surface area (TPSA) is 38.8 Å². The van der Waals surface area contributed by atoms with Crippen molar-refractivity contribution in [3.63, 3.8) is 0 Å². The monoisotopic (exact) mass is 235 g/mol. The van der Waals surface area contributed by atoms with Crippen LogP contribution in [0.2, 0.25) is 0 Å². The minimum absolute atomic E-state index is 0.122. The number of methoxy groups -OCH3 is 1. The molecule has 1 amide bonds. The number of carbonyl (C=O) groups excluding carboxylic acids is 1. The van der Waals surface area contributed by atoms with Crippen molar-refractivity contribution in [1.82, 2.24) is 5.06 Å². The Morgan fingerprint density at radius 1 is 1.35 bits per heavy atom. The highest BCUT2D eigenvalue weighted by Crippen LogP contribution is 2.33. The van der Waals surface area contributed by atoms with Crippen molar-refractivity contribution in [3.05, 3.63) is 35.4 Å². The number of benzene rings is 1. The summed E-state index contributed by atoms with van der Waals surface area (Å²) in [6.07, 6.45) is 1.54. The molecule has 0 spiro atoms. The quantitative estimate of drug-likeness (QED) is 0.736. The lowest BCUT2D eigenvalue weighted by molar-refractivity contribution is -0.208. The molecule has 2 rings (SSSR count). The number of hydrogen-bond acceptors (Lipinski definition) is 3. The number of hydrogen-bond donors (Lipinski definition) is 0. The van der Waals surface area contributed by atoms with E-state index in [-0.39, 0.29) is 5.91 Å². The number of carbonyl (C=O) groups is 1. The number of hydroxylamine groups is 2. The van der Waals surface area contributed by atoms with Gasteiger partial charge in [0.25, 0.3) is 5.91 Å². The third kappa shape index (κ3) is 2.18. The molecular weight excluding hydrogens is 218 g/mol. The zero-order chi connectivity index (χ0) is 12.3. The van der Waals surface area contributed by atoms with Crippen LogP contribution in [0, 0.1) is 0 Å². The Kier molecular flexibility index (Phi) is 3.76.